The van der Waals surface area contributed by atoms with Crippen LogP contribution in [0.15, 0.2) is 47.4 Å². The second-order valence-electron chi connectivity index (χ2n) is 6.65. The average molecular weight is 423 g/mol. The summed E-state index contributed by atoms with van der Waals surface area (Å²) in [7, 11) is -1.98. The number of benzene rings is 2. The summed E-state index contributed by atoms with van der Waals surface area (Å²) in [5.41, 5.74) is 1.04. The molecule has 0 aliphatic rings. The van der Waals surface area contributed by atoms with E-state index in [2.05, 4.69) is 0 Å². The Bertz CT molecular complexity index is 959. The molecule has 0 atom stereocenters. The lowest BCUT2D eigenvalue weighted by Gasteiger charge is -2.20. The van der Waals surface area contributed by atoms with E-state index in [4.69, 9.17) is 4.74 Å². The van der Waals surface area contributed by atoms with Crippen molar-refractivity contribution < 1.29 is 22.3 Å². The molecule has 0 aromatic heterocycles. The number of carbonyl (C=O) groups excluding carboxylic acids is 1. The zero-order chi connectivity index (χ0) is 21.6. The van der Waals surface area contributed by atoms with Crippen LogP contribution >= 0.6 is 0 Å². The number of halogens is 1. The molecule has 0 spiro atoms. The van der Waals surface area contributed by atoms with Crippen LogP contribution < -0.4 is 4.74 Å². The van der Waals surface area contributed by atoms with Crippen LogP contribution in [0.2, 0.25) is 0 Å². The molecule has 6 nitrogen and oxygen atoms in total. The van der Waals surface area contributed by atoms with Crippen LogP contribution in [0, 0.1) is 12.7 Å². The van der Waals surface area contributed by atoms with Gasteiger partial charge in [-0.1, -0.05) is 32.0 Å². The van der Waals surface area contributed by atoms with Crippen LogP contribution in [-0.2, 0) is 21.4 Å². The molecule has 0 N–H and O–H groups in total. The van der Waals surface area contributed by atoms with Gasteiger partial charge in [0.2, 0.25) is 10.0 Å². The highest BCUT2D eigenvalue weighted by Crippen LogP contribution is 2.24. The van der Waals surface area contributed by atoms with Crippen LogP contribution in [0.25, 0.3) is 0 Å². The molecule has 158 valence electrons. The predicted octanol–water partition coefficient (Wildman–Crippen LogP) is 3.20. The third kappa shape index (κ3) is 5.55. The monoisotopic (exact) mass is 422 g/mol. The number of aryl methyl sites for hydroxylation is 1. The molecule has 0 saturated carbocycles. The molecule has 0 bridgehead atoms. The van der Waals surface area contributed by atoms with E-state index in [0.717, 1.165) is 0 Å². The van der Waals surface area contributed by atoms with E-state index in [9.17, 15) is 17.6 Å². The van der Waals surface area contributed by atoms with Crippen molar-refractivity contribution in [3.63, 3.8) is 0 Å². The van der Waals surface area contributed by atoms with Gasteiger partial charge in [-0.15, -0.1) is 0 Å². The SMILES string of the molecule is CCN(CC)S(=O)(=O)c1ccc(OCC(=O)N(C)Cc2ccccc2F)c(C)c1. The summed E-state index contributed by atoms with van der Waals surface area (Å²) in [6.07, 6.45) is 0. The van der Waals surface area contributed by atoms with Gasteiger partial charge in [-0.05, 0) is 36.8 Å². The van der Waals surface area contributed by atoms with E-state index in [-0.39, 0.29) is 29.8 Å². The van der Waals surface area contributed by atoms with Gasteiger partial charge >= 0.3 is 0 Å². The number of hydrogen-bond acceptors (Lipinski definition) is 4. The number of likely N-dealkylation sites (N-methyl/N-ethyl adjacent to an activating group) is 1. The lowest BCUT2D eigenvalue weighted by atomic mass is 10.2. The minimum atomic E-state index is -3.56. The van der Waals surface area contributed by atoms with Gasteiger partial charge in [-0.25, -0.2) is 12.8 Å². The minimum absolute atomic E-state index is 0.134. The number of amides is 1. The average Bonchev–Trinajstić information content (AvgIpc) is 2.69. The Morgan fingerprint density at radius 2 is 1.76 bits per heavy atom. The molecule has 2 aromatic carbocycles. The van der Waals surface area contributed by atoms with E-state index >= 15 is 0 Å². The maximum Gasteiger partial charge on any atom is 0.260 e. The number of rotatable bonds is 9. The van der Waals surface area contributed by atoms with Gasteiger partial charge in [0.25, 0.3) is 5.91 Å². The Morgan fingerprint density at radius 3 is 2.34 bits per heavy atom. The van der Waals surface area contributed by atoms with Crippen LogP contribution in [0.1, 0.15) is 25.0 Å². The summed E-state index contributed by atoms with van der Waals surface area (Å²) < 4.78 is 45.9. The number of ether oxygens (including phenoxy) is 1. The van der Waals surface area contributed by atoms with Crippen LogP contribution in [0.5, 0.6) is 5.75 Å². The van der Waals surface area contributed by atoms with Crippen molar-refractivity contribution in [2.24, 2.45) is 0 Å². The van der Waals surface area contributed by atoms with Gasteiger partial charge < -0.3 is 9.64 Å². The zero-order valence-electron chi connectivity index (χ0n) is 17.2. The van der Waals surface area contributed by atoms with Crippen LogP contribution in [-0.4, -0.2) is 50.3 Å². The fraction of sp³-hybridized carbons (Fsp3) is 0.381. The highest BCUT2D eigenvalue weighted by atomic mass is 32.2. The molecule has 0 fully saturated rings. The Kier molecular flexibility index (Phi) is 7.75. The van der Waals surface area contributed by atoms with Gasteiger partial charge in [0.1, 0.15) is 11.6 Å². The first-order valence-electron chi connectivity index (χ1n) is 9.41. The van der Waals surface area contributed by atoms with Crippen molar-refractivity contribution in [3.8, 4) is 5.75 Å². The molecule has 0 unspecified atom stereocenters. The van der Waals surface area contributed by atoms with Crippen molar-refractivity contribution in [1.82, 2.24) is 9.21 Å². The van der Waals surface area contributed by atoms with Crippen molar-refractivity contribution >= 4 is 15.9 Å². The molecule has 0 heterocycles. The summed E-state index contributed by atoms with van der Waals surface area (Å²) in [4.78, 5) is 13.9. The van der Waals surface area contributed by atoms with Gasteiger partial charge in [-0.2, -0.15) is 4.31 Å². The number of carbonyl (C=O) groups is 1. The fourth-order valence-electron chi connectivity index (χ4n) is 2.88. The van der Waals surface area contributed by atoms with Crippen molar-refractivity contribution in [1.29, 1.82) is 0 Å². The molecule has 1 amide bonds. The molecule has 0 aliphatic heterocycles. The van der Waals surface area contributed by atoms with Crippen molar-refractivity contribution in [3.05, 3.63) is 59.4 Å². The summed E-state index contributed by atoms with van der Waals surface area (Å²) in [6, 6.07) is 10.8. The summed E-state index contributed by atoms with van der Waals surface area (Å²) in [5.74, 6) is -0.252. The number of nitrogens with zero attached hydrogens (tertiary/aromatic N) is 2. The summed E-state index contributed by atoms with van der Waals surface area (Å²) in [5, 5.41) is 0. The molecule has 0 saturated heterocycles. The van der Waals surface area contributed by atoms with Crippen molar-refractivity contribution in [2.45, 2.75) is 32.2 Å². The second kappa shape index (κ2) is 9.84. The zero-order valence-corrected chi connectivity index (χ0v) is 18.0. The maximum absolute atomic E-state index is 13.7. The third-order valence-corrected chi connectivity index (χ3v) is 6.68. The van der Waals surface area contributed by atoms with E-state index < -0.39 is 10.0 Å². The summed E-state index contributed by atoms with van der Waals surface area (Å²) in [6.45, 7) is 5.98. The summed E-state index contributed by atoms with van der Waals surface area (Å²) >= 11 is 0. The first-order valence-corrected chi connectivity index (χ1v) is 10.9. The Hall–Kier alpha value is -2.45. The fourth-order valence-corrected chi connectivity index (χ4v) is 4.42. The quantitative estimate of drug-likeness (QED) is 0.622. The lowest BCUT2D eigenvalue weighted by molar-refractivity contribution is -0.132. The molecule has 2 rings (SSSR count). The number of hydrogen-bond donors (Lipinski definition) is 0. The Morgan fingerprint density at radius 1 is 1.10 bits per heavy atom. The van der Waals surface area contributed by atoms with Crippen LogP contribution in [0.3, 0.4) is 0 Å². The molecule has 0 radical (unpaired) electrons. The topological polar surface area (TPSA) is 66.9 Å². The van der Waals surface area contributed by atoms with Gasteiger partial charge in [0.05, 0.1) is 4.90 Å². The van der Waals surface area contributed by atoms with E-state index in [1.54, 1.807) is 52.1 Å². The van der Waals surface area contributed by atoms with Crippen LogP contribution in [0.4, 0.5) is 4.39 Å². The molecule has 29 heavy (non-hydrogen) atoms. The van der Waals surface area contributed by atoms with Gasteiger partial charge in [0.15, 0.2) is 6.61 Å². The lowest BCUT2D eigenvalue weighted by Crippen LogP contribution is -2.31. The molecular formula is C21H27FN2O4S. The van der Waals surface area contributed by atoms with E-state index in [0.29, 0.717) is 30.0 Å². The van der Waals surface area contributed by atoms with Gasteiger partial charge in [0, 0.05) is 32.2 Å². The third-order valence-electron chi connectivity index (χ3n) is 4.63. The second-order valence-corrected chi connectivity index (χ2v) is 8.58. The minimum Gasteiger partial charge on any atom is -0.483 e. The largest absolute Gasteiger partial charge is 0.483 e. The first-order chi connectivity index (χ1) is 13.7. The standard InChI is InChI=1S/C21H27FN2O4S/c1-5-24(6-2)29(26,27)18-11-12-20(16(3)13-18)28-15-21(25)23(4)14-17-9-7-8-10-19(17)22/h7-13H,5-6,14-15H2,1-4H3. The van der Waals surface area contributed by atoms with Gasteiger partial charge in [-0.3, -0.25) is 4.79 Å². The molecule has 0 aliphatic carbocycles. The highest BCUT2D eigenvalue weighted by molar-refractivity contribution is 7.89. The Balaban J connectivity index is 2.04. The van der Waals surface area contributed by atoms with E-state index in [1.165, 1.54) is 27.4 Å². The van der Waals surface area contributed by atoms with Crippen molar-refractivity contribution in [2.75, 3.05) is 26.7 Å². The van der Waals surface area contributed by atoms with E-state index in [1.807, 2.05) is 0 Å². The Labute approximate surface area is 171 Å². The first kappa shape index (κ1) is 22.8. The maximum atomic E-state index is 13.7. The molecule has 8 heteroatoms. The smallest absolute Gasteiger partial charge is 0.260 e. The predicted molar refractivity (Wildman–Crippen MR) is 110 cm³/mol. The molecular weight excluding hydrogens is 395 g/mol. The number of sulfonamides is 1. The normalized spacial score (nSPS) is 11.5. The highest BCUT2D eigenvalue weighted by Gasteiger charge is 2.22. The molecule has 2 aromatic rings.